The fourth-order valence-corrected chi connectivity index (χ4v) is 8.66. The standard InChI is InChI=1S/C46H63N5O10/c1-4-15-29(3)38(41(53)44(56)47-26-37(52)49-40(45(57)58)31-18-11-8-12-19-31)50-42(54)35-25-33-24-32(22-21-28(33)2)34-27-61-36(34)20-13-5-6-14-23-60-46(59)51-39(43(55)48-35)30-16-9-7-10-17-30/h8,11-12,18-19,21-22,24,28,30,33-36,38-40H,3-7,9-10,13-17,20,23,25-27H2,1-2H3,(H,47,56)(H,48,55)(H,49,52)(H,50,54)(H,51,59)(H,57,58)/t28?,33?,34?,35?,36?,38?,39-,40?/m0/s1. The Kier molecular flexibility index (Phi) is 17.7. The smallest absolute Gasteiger partial charge is 0.407 e. The number of hydrogen-bond acceptors (Lipinski definition) is 9. The van der Waals surface area contributed by atoms with Gasteiger partial charge in [0.2, 0.25) is 23.5 Å². The lowest BCUT2D eigenvalue weighted by Gasteiger charge is -2.40. The number of benzene rings is 1. The van der Waals surface area contributed by atoms with E-state index in [4.69, 9.17) is 9.47 Å². The SMILES string of the molecule is C=C(CCC)C(NC(=O)C1CC2C=C(C=CC2C)C2COC2CCCCCCOC(=O)N[C@@H](C2CCCCC2)C(=O)N1)C(=O)C(=O)NCC(=O)NC(C(=O)O)c1ccccc1. The Balaban J connectivity index is 1.37. The van der Waals surface area contributed by atoms with Crippen molar-refractivity contribution >= 4 is 41.5 Å². The van der Waals surface area contributed by atoms with Crippen LogP contribution in [-0.2, 0) is 38.2 Å². The number of aliphatic carboxylic acids is 1. The van der Waals surface area contributed by atoms with Crippen molar-refractivity contribution in [2.24, 2.45) is 23.7 Å². The molecule has 0 radical (unpaired) electrons. The van der Waals surface area contributed by atoms with Gasteiger partial charge in [-0.2, -0.15) is 0 Å². The first kappa shape index (κ1) is 46.8. The number of amides is 5. The number of allylic oxidation sites excluding steroid dienone is 3. The number of ether oxygens (including phenoxy) is 2. The van der Waals surface area contributed by atoms with Gasteiger partial charge in [0.05, 0.1) is 25.9 Å². The van der Waals surface area contributed by atoms with Gasteiger partial charge in [0.15, 0.2) is 6.04 Å². The van der Waals surface area contributed by atoms with Gasteiger partial charge >= 0.3 is 12.1 Å². The molecule has 7 unspecified atom stereocenters. The van der Waals surface area contributed by atoms with Crippen molar-refractivity contribution in [3.63, 3.8) is 0 Å². The first-order chi connectivity index (χ1) is 29.4. The van der Waals surface area contributed by atoms with E-state index in [0.717, 1.165) is 50.5 Å². The molecule has 0 spiro atoms. The summed E-state index contributed by atoms with van der Waals surface area (Å²) in [7, 11) is 0. The number of carboxylic acids is 1. The third-order valence-corrected chi connectivity index (χ3v) is 12.3. The van der Waals surface area contributed by atoms with E-state index in [9.17, 15) is 38.7 Å². The lowest BCUT2D eigenvalue weighted by atomic mass is 9.77. The van der Waals surface area contributed by atoms with Gasteiger partial charge in [-0.1, -0.05) is 114 Å². The third kappa shape index (κ3) is 13.3. The number of carbonyl (C=O) groups is 7. The summed E-state index contributed by atoms with van der Waals surface area (Å²) < 4.78 is 11.5. The van der Waals surface area contributed by atoms with Crippen molar-refractivity contribution in [1.29, 1.82) is 0 Å². The Morgan fingerprint density at radius 1 is 0.934 bits per heavy atom. The van der Waals surface area contributed by atoms with E-state index in [1.807, 2.05) is 13.8 Å². The van der Waals surface area contributed by atoms with Gasteiger partial charge in [0.25, 0.3) is 5.91 Å². The van der Waals surface area contributed by atoms with E-state index in [0.29, 0.717) is 37.9 Å². The highest BCUT2D eigenvalue weighted by Gasteiger charge is 2.39. The molecule has 8 atom stereocenters. The van der Waals surface area contributed by atoms with Gasteiger partial charge in [0.1, 0.15) is 18.1 Å². The van der Waals surface area contributed by atoms with Crippen LogP contribution in [0.2, 0.25) is 0 Å². The first-order valence-electron chi connectivity index (χ1n) is 22.0. The van der Waals surface area contributed by atoms with Crippen LogP contribution in [-0.4, -0.2) is 90.6 Å². The number of alkyl carbamates (subject to hydrolysis) is 1. The van der Waals surface area contributed by atoms with Gasteiger partial charge in [-0.15, -0.1) is 0 Å². The highest BCUT2D eigenvalue weighted by molar-refractivity contribution is 6.39. The van der Waals surface area contributed by atoms with Gasteiger partial charge in [0, 0.05) is 5.92 Å². The van der Waals surface area contributed by atoms with Crippen LogP contribution >= 0.6 is 0 Å². The maximum atomic E-state index is 14.5. The zero-order chi connectivity index (χ0) is 43.9. The van der Waals surface area contributed by atoms with Crippen molar-refractivity contribution in [2.75, 3.05) is 19.8 Å². The molecular formula is C46H63N5O10. The van der Waals surface area contributed by atoms with E-state index >= 15 is 0 Å². The maximum Gasteiger partial charge on any atom is 0.407 e. The molecule has 2 aliphatic heterocycles. The first-order valence-corrected chi connectivity index (χ1v) is 22.0. The van der Waals surface area contributed by atoms with Crippen LogP contribution in [0.1, 0.15) is 109 Å². The molecular weight excluding hydrogens is 783 g/mol. The summed E-state index contributed by atoms with van der Waals surface area (Å²) in [5, 5.41) is 22.8. The summed E-state index contributed by atoms with van der Waals surface area (Å²) in [5.74, 6) is -5.92. The van der Waals surface area contributed by atoms with Crippen LogP contribution < -0.4 is 26.6 Å². The Morgan fingerprint density at radius 3 is 2.33 bits per heavy atom. The molecule has 1 aromatic rings. The maximum absolute atomic E-state index is 14.5. The van der Waals surface area contributed by atoms with Gasteiger partial charge in [-0.25, -0.2) is 9.59 Å². The molecule has 0 aromatic heterocycles. The van der Waals surface area contributed by atoms with Crippen LogP contribution in [0.25, 0.3) is 0 Å². The van der Waals surface area contributed by atoms with Crippen LogP contribution in [0.4, 0.5) is 4.79 Å². The quantitative estimate of drug-likeness (QED) is 0.118. The van der Waals surface area contributed by atoms with E-state index in [2.05, 4.69) is 51.4 Å². The minimum absolute atomic E-state index is 0.0150. The van der Waals surface area contributed by atoms with Crippen molar-refractivity contribution in [3.05, 3.63) is 71.8 Å². The zero-order valence-electron chi connectivity index (χ0n) is 35.5. The molecule has 332 valence electrons. The number of carboxylic acid groups (broad SMARTS) is 1. The molecule has 2 fully saturated rings. The van der Waals surface area contributed by atoms with Crippen molar-refractivity contribution in [1.82, 2.24) is 26.6 Å². The lowest BCUT2D eigenvalue weighted by molar-refractivity contribution is -0.142. The molecule has 1 saturated heterocycles. The number of fused-ring (bicyclic) bond motifs is 3. The summed E-state index contributed by atoms with van der Waals surface area (Å²) >= 11 is 0. The summed E-state index contributed by atoms with van der Waals surface area (Å²) in [5.41, 5.74) is 1.68. The molecule has 4 aliphatic rings. The summed E-state index contributed by atoms with van der Waals surface area (Å²) in [4.78, 5) is 93.9. The van der Waals surface area contributed by atoms with Crippen molar-refractivity contribution in [3.8, 4) is 0 Å². The number of Topliss-reactive ketones (excluding diaryl/α,β-unsaturated/α-hetero) is 1. The fourth-order valence-electron chi connectivity index (χ4n) is 8.66. The molecule has 15 heteroatoms. The molecule has 1 saturated carbocycles. The predicted molar refractivity (Wildman–Crippen MR) is 227 cm³/mol. The van der Waals surface area contributed by atoms with E-state index in [1.165, 1.54) is 12.1 Å². The number of hydrogen-bond donors (Lipinski definition) is 6. The van der Waals surface area contributed by atoms with Crippen LogP contribution in [0.5, 0.6) is 0 Å². The molecule has 2 aliphatic carbocycles. The molecule has 5 amide bonds. The number of cyclic esters (lactones) is 1. The van der Waals surface area contributed by atoms with E-state index < -0.39 is 72.2 Å². The minimum Gasteiger partial charge on any atom is -0.479 e. The summed E-state index contributed by atoms with van der Waals surface area (Å²) in [6.45, 7) is 7.98. The number of ketones is 1. The van der Waals surface area contributed by atoms with Gasteiger partial charge in [-0.05, 0) is 73.0 Å². The summed E-state index contributed by atoms with van der Waals surface area (Å²) in [6.07, 6.45) is 15.3. The Labute approximate surface area is 358 Å². The largest absolute Gasteiger partial charge is 0.479 e. The van der Waals surface area contributed by atoms with Gasteiger partial charge in [-0.3, -0.25) is 24.0 Å². The molecule has 15 nitrogen and oxygen atoms in total. The second kappa shape index (κ2) is 23.1. The highest BCUT2D eigenvalue weighted by Crippen LogP contribution is 2.37. The molecule has 6 N–H and O–H groups in total. The van der Waals surface area contributed by atoms with Crippen LogP contribution in [0, 0.1) is 23.7 Å². The topological polar surface area (TPSA) is 218 Å². The average molecular weight is 846 g/mol. The monoisotopic (exact) mass is 845 g/mol. The lowest BCUT2D eigenvalue weighted by Crippen LogP contribution is -2.59. The fraction of sp³-hybridized carbons (Fsp3) is 0.587. The third-order valence-electron chi connectivity index (χ3n) is 12.3. The van der Waals surface area contributed by atoms with Crippen molar-refractivity contribution < 1.29 is 48.1 Å². The number of rotatable bonds is 13. The van der Waals surface area contributed by atoms with E-state index in [1.54, 1.807) is 18.2 Å². The number of nitrogens with one attached hydrogen (secondary N) is 5. The van der Waals surface area contributed by atoms with Crippen molar-refractivity contribution in [2.45, 2.75) is 128 Å². The van der Waals surface area contributed by atoms with E-state index in [-0.39, 0.29) is 54.8 Å². The Hall–Kier alpha value is -5.31. The zero-order valence-corrected chi connectivity index (χ0v) is 35.5. The van der Waals surface area contributed by atoms with Gasteiger partial charge < -0.3 is 41.2 Å². The normalized spacial score (nSPS) is 26.2. The second-order valence-electron chi connectivity index (χ2n) is 16.8. The number of carbonyl (C=O) groups excluding carboxylic acids is 6. The molecule has 2 bridgehead atoms. The van der Waals surface area contributed by atoms with Crippen LogP contribution in [0.3, 0.4) is 0 Å². The second-order valence-corrected chi connectivity index (χ2v) is 16.8. The predicted octanol–water partition coefficient (Wildman–Crippen LogP) is 4.73. The highest BCUT2D eigenvalue weighted by atomic mass is 16.5. The minimum atomic E-state index is -1.51. The molecule has 61 heavy (non-hydrogen) atoms. The molecule has 2 heterocycles. The summed E-state index contributed by atoms with van der Waals surface area (Å²) in [6, 6.07) is 2.94. The molecule has 1 aromatic carbocycles. The Bertz CT molecular complexity index is 1810. The molecule has 5 rings (SSSR count). The Morgan fingerprint density at radius 2 is 1.64 bits per heavy atom. The van der Waals surface area contributed by atoms with Crippen LogP contribution in [0.15, 0.2) is 66.3 Å². The average Bonchev–Trinajstić information content (AvgIpc) is 3.24.